The van der Waals surface area contributed by atoms with Gasteiger partial charge in [0.15, 0.2) is 0 Å². The molecular weight excluding hydrogens is 433 g/mol. The van der Waals surface area contributed by atoms with Gasteiger partial charge in [0.2, 0.25) is 0 Å². The minimum Gasteiger partial charge on any atom is -0.434 e. The van der Waals surface area contributed by atoms with Gasteiger partial charge in [-0.15, -0.1) is 0 Å². The number of ether oxygens (including phenoxy) is 1. The SMILES string of the molecule is O=c1[nH]c(-c2ccc(C(F)(F)F)cc2)nc2c1CN(Cc1ccccc1OC(F)F)CC2. The van der Waals surface area contributed by atoms with Crippen LogP contribution in [0.1, 0.15) is 22.4 Å². The second-order valence-electron chi connectivity index (χ2n) is 7.36. The lowest BCUT2D eigenvalue weighted by molar-refractivity contribution is -0.137. The highest BCUT2D eigenvalue weighted by atomic mass is 19.4. The summed E-state index contributed by atoms with van der Waals surface area (Å²) < 4.78 is 68.2. The monoisotopic (exact) mass is 451 g/mol. The van der Waals surface area contributed by atoms with Crippen molar-refractivity contribution in [1.29, 1.82) is 0 Å². The predicted octanol–water partition coefficient (Wildman–Crippen LogP) is 4.62. The Morgan fingerprint density at radius 2 is 1.81 bits per heavy atom. The maximum atomic E-state index is 12.8. The number of hydrogen-bond donors (Lipinski definition) is 1. The first-order valence-corrected chi connectivity index (χ1v) is 9.75. The van der Waals surface area contributed by atoms with E-state index in [-0.39, 0.29) is 23.7 Å². The Labute approximate surface area is 179 Å². The minimum atomic E-state index is -4.45. The molecule has 0 radical (unpaired) electrons. The Hall–Kier alpha value is -3.27. The van der Waals surface area contributed by atoms with Crippen LogP contribution < -0.4 is 10.3 Å². The highest BCUT2D eigenvalue weighted by molar-refractivity contribution is 5.56. The van der Waals surface area contributed by atoms with Crippen LogP contribution in [0.4, 0.5) is 22.0 Å². The van der Waals surface area contributed by atoms with Crippen molar-refractivity contribution < 1.29 is 26.7 Å². The van der Waals surface area contributed by atoms with E-state index in [1.54, 1.807) is 18.2 Å². The number of para-hydroxylation sites is 1. The number of rotatable bonds is 5. The third-order valence-corrected chi connectivity index (χ3v) is 5.22. The fraction of sp³-hybridized carbons (Fsp3) is 0.273. The molecule has 1 N–H and O–H groups in total. The molecule has 3 aromatic rings. The summed E-state index contributed by atoms with van der Waals surface area (Å²) >= 11 is 0. The Balaban J connectivity index is 1.54. The molecule has 5 nitrogen and oxygen atoms in total. The number of halogens is 5. The van der Waals surface area contributed by atoms with Gasteiger partial charge in [0.25, 0.3) is 5.56 Å². The number of alkyl halides is 5. The van der Waals surface area contributed by atoms with Crippen molar-refractivity contribution in [1.82, 2.24) is 14.9 Å². The summed E-state index contributed by atoms with van der Waals surface area (Å²) in [6, 6.07) is 10.9. The van der Waals surface area contributed by atoms with Crippen LogP contribution >= 0.6 is 0 Å². The van der Waals surface area contributed by atoms with Crippen molar-refractivity contribution in [2.75, 3.05) is 6.54 Å². The van der Waals surface area contributed by atoms with E-state index in [0.717, 1.165) is 12.1 Å². The minimum absolute atomic E-state index is 0.0815. The Morgan fingerprint density at radius 3 is 2.50 bits per heavy atom. The molecule has 0 unspecified atom stereocenters. The lowest BCUT2D eigenvalue weighted by Gasteiger charge is -2.28. The van der Waals surface area contributed by atoms with Gasteiger partial charge in [0.1, 0.15) is 11.6 Å². The first kappa shape index (κ1) is 21.9. The van der Waals surface area contributed by atoms with Gasteiger partial charge in [0, 0.05) is 37.2 Å². The summed E-state index contributed by atoms with van der Waals surface area (Å²) in [5, 5.41) is 0. The van der Waals surface area contributed by atoms with Crippen molar-refractivity contribution in [3.05, 3.63) is 81.3 Å². The number of nitrogens with zero attached hydrogens (tertiary/aromatic N) is 2. The molecule has 32 heavy (non-hydrogen) atoms. The van der Waals surface area contributed by atoms with Gasteiger partial charge >= 0.3 is 12.8 Å². The topological polar surface area (TPSA) is 58.2 Å². The molecule has 4 rings (SSSR count). The number of aromatic amines is 1. The molecule has 0 saturated carbocycles. The number of hydrogen-bond acceptors (Lipinski definition) is 4. The lowest BCUT2D eigenvalue weighted by Crippen LogP contribution is -2.35. The summed E-state index contributed by atoms with van der Waals surface area (Å²) in [6.07, 6.45) is -4.01. The number of benzene rings is 2. The fourth-order valence-electron chi connectivity index (χ4n) is 3.66. The molecule has 1 aromatic heterocycles. The number of nitrogens with one attached hydrogen (secondary N) is 1. The number of aromatic nitrogens is 2. The van der Waals surface area contributed by atoms with Gasteiger partial charge in [-0.05, 0) is 18.2 Å². The van der Waals surface area contributed by atoms with Crippen LogP contribution in [0.2, 0.25) is 0 Å². The average Bonchev–Trinajstić information content (AvgIpc) is 2.74. The largest absolute Gasteiger partial charge is 0.434 e. The normalized spacial score (nSPS) is 14.4. The Morgan fingerprint density at radius 1 is 1.09 bits per heavy atom. The average molecular weight is 451 g/mol. The van der Waals surface area contributed by atoms with Crippen LogP contribution in [0, 0.1) is 0 Å². The van der Waals surface area contributed by atoms with Crippen molar-refractivity contribution in [3.63, 3.8) is 0 Å². The van der Waals surface area contributed by atoms with E-state index in [1.165, 1.54) is 18.2 Å². The van der Waals surface area contributed by atoms with E-state index in [0.29, 0.717) is 41.9 Å². The van der Waals surface area contributed by atoms with Crippen molar-refractivity contribution >= 4 is 0 Å². The van der Waals surface area contributed by atoms with Crippen LogP contribution in [-0.4, -0.2) is 28.0 Å². The maximum absolute atomic E-state index is 12.8. The van der Waals surface area contributed by atoms with Gasteiger partial charge < -0.3 is 9.72 Å². The van der Waals surface area contributed by atoms with Gasteiger partial charge in [-0.1, -0.05) is 30.3 Å². The third kappa shape index (κ3) is 4.80. The van der Waals surface area contributed by atoms with Crippen LogP contribution in [0.5, 0.6) is 5.75 Å². The van der Waals surface area contributed by atoms with Crippen LogP contribution in [-0.2, 0) is 25.7 Å². The summed E-state index contributed by atoms with van der Waals surface area (Å²) in [4.78, 5) is 21.7. The molecule has 1 aliphatic heterocycles. The van der Waals surface area contributed by atoms with E-state index in [2.05, 4.69) is 14.7 Å². The maximum Gasteiger partial charge on any atom is 0.416 e. The molecule has 0 saturated heterocycles. The quantitative estimate of drug-likeness (QED) is 0.576. The lowest BCUT2D eigenvalue weighted by atomic mass is 10.0. The molecule has 1 aliphatic rings. The van der Waals surface area contributed by atoms with Crippen molar-refractivity contribution in [3.8, 4) is 17.1 Å². The molecule has 0 atom stereocenters. The fourth-order valence-corrected chi connectivity index (χ4v) is 3.66. The predicted molar refractivity (Wildman–Crippen MR) is 106 cm³/mol. The Kier molecular flexibility index (Phi) is 5.96. The highest BCUT2D eigenvalue weighted by Gasteiger charge is 2.30. The zero-order chi connectivity index (χ0) is 22.9. The second kappa shape index (κ2) is 8.70. The summed E-state index contributed by atoms with van der Waals surface area (Å²) in [5.41, 5.74) is 0.789. The standard InChI is InChI=1S/C22H18F5N3O2/c23-21(24)32-18-4-2-1-3-14(18)11-30-10-9-17-16(12-30)20(31)29-19(28-17)13-5-7-15(8-6-13)22(25,26)27/h1-8,21H,9-12H2,(H,28,29,31). The summed E-state index contributed by atoms with van der Waals surface area (Å²) in [5.74, 6) is 0.282. The molecule has 0 spiro atoms. The third-order valence-electron chi connectivity index (χ3n) is 5.22. The number of H-pyrrole nitrogens is 1. The molecule has 10 heteroatoms. The molecule has 0 bridgehead atoms. The van der Waals surface area contributed by atoms with Crippen LogP contribution in [0.3, 0.4) is 0 Å². The molecule has 2 heterocycles. The first-order chi connectivity index (χ1) is 15.2. The van der Waals surface area contributed by atoms with E-state index in [1.807, 2.05) is 4.90 Å². The zero-order valence-corrected chi connectivity index (χ0v) is 16.6. The Bertz CT molecular complexity index is 1160. The molecule has 2 aromatic carbocycles. The van der Waals surface area contributed by atoms with Crippen LogP contribution in [0.15, 0.2) is 53.3 Å². The smallest absolute Gasteiger partial charge is 0.416 e. The van der Waals surface area contributed by atoms with Crippen molar-refractivity contribution in [2.24, 2.45) is 0 Å². The van der Waals surface area contributed by atoms with E-state index >= 15 is 0 Å². The van der Waals surface area contributed by atoms with Crippen LogP contribution in [0.25, 0.3) is 11.4 Å². The van der Waals surface area contributed by atoms with Gasteiger partial charge in [0.05, 0.1) is 16.8 Å². The summed E-state index contributed by atoms with van der Waals surface area (Å²) in [6.45, 7) is -1.84. The molecular formula is C22H18F5N3O2. The van der Waals surface area contributed by atoms with Crippen molar-refractivity contribution in [2.45, 2.75) is 32.3 Å². The van der Waals surface area contributed by atoms with E-state index in [9.17, 15) is 26.7 Å². The van der Waals surface area contributed by atoms with Gasteiger partial charge in [-0.2, -0.15) is 22.0 Å². The molecule has 0 amide bonds. The first-order valence-electron chi connectivity index (χ1n) is 9.75. The molecule has 0 fully saturated rings. The summed E-state index contributed by atoms with van der Waals surface area (Å²) in [7, 11) is 0. The molecule has 0 aliphatic carbocycles. The van der Waals surface area contributed by atoms with Gasteiger partial charge in [-0.3, -0.25) is 9.69 Å². The highest BCUT2D eigenvalue weighted by Crippen LogP contribution is 2.30. The second-order valence-corrected chi connectivity index (χ2v) is 7.36. The molecule has 168 valence electrons. The number of fused-ring (bicyclic) bond motifs is 1. The van der Waals surface area contributed by atoms with E-state index in [4.69, 9.17) is 0 Å². The van der Waals surface area contributed by atoms with E-state index < -0.39 is 18.4 Å². The van der Waals surface area contributed by atoms with Gasteiger partial charge in [-0.25, -0.2) is 4.98 Å². The zero-order valence-electron chi connectivity index (χ0n) is 16.6.